The van der Waals surface area contributed by atoms with Gasteiger partial charge in [0.2, 0.25) is 0 Å². The molecule has 0 fully saturated rings. The van der Waals surface area contributed by atoms with E-state index in [-0.39, 0.29) is 11.5 Å². The Morgan fingerprint density at radius 3 is 2.54 bits per heavy atom. The van der Waals surface area contributed by atoms with Gasteiger partial charge in [-0.25, -0.2) is 9.18 Å². The fraction of sp³-hybridized carbons (Fsp3) is 0.263. The molecule has 0 radical (unpaired) electrons. The first-order chi connectivity index (χ1) is 11.5. The standard InChI is InChI=1S/C19H20FNO3/c1-13-8-9-16(12-17(13)20)19(23)24-14(2)18(22)21-11-10-15-6-4-3-5-7-15/h3-9,12,14H,10-11H2,1-2H3,(H,21,22)/t14-/m0/s1. The topological polar surface area (TPSA) is 55.4 Å². The lowest BCUT2D eigenvalue weighted by Gasteiger charge is -2.13. The monoisotopic (exact) mass is 329 g/mol. The van der Waals surface area contributed by atoms with Gasteiger partial charge in [0.05, 0.1) is 5.56 Å². The Bertz CT molecular complexity index is 716. The minimum Gasteiger partial charge on any atom is -0.449 e. The second-order valence-electron chi connectivity index (χ2n) is 5.54. The van der Waals surface area contributed by atoms with Gasteiger partial charge in [-0.1, -0.05) is 36.4 Å². The molecule has 2 rings (SSSR count). The molecule has 126 valence electrons. The fourth-order valence-electron chi connectivity index (χ4n) is 2.12. The number of halogens is 1. The molecular weight excluding hydrogens is 309 g/mol. The van der Waals surface area contributed by atoms with Crippen molar-refractivity contribution >= 4 is 11.9 Å². The molecule has 2 aromatic carbocycles. The molecule has 0 aliphatic rings. The van der Waals surface area contributed by atoms with E-state index in [0.717, 1.165) is 11.6 Å². The van der Waals surface area contributed by atoms with Gasteiger partial charge >= 0.3 is 5.97 Å². The second-order valence-corrected chi connectivity index (χ2v) is 5.54. The third-order valence-electron chi connectivity index (χ3n) is 3.62. The van der Waals surface area contributed by atoms with E-state index >= 15 is 0 Å². The van der Waals surface area contributed by atoms with Crippen molar-refractivity contribution in [3.63, 3.8) is 0 Å². The van der Waals surface area contributed by atoms with Crippen molar-refractivity contribution < 1.29 is 18.7 Å². The van der Waals surface area contributed by atoms with Crippen LogP contribution < -0.4 is 5.32 Å². The summed E-state index contributed by atoms with van der Waals surface area (Å²) in [5, 5.41) is 2.72. The number of ether oxygens (including phenoxy) is 1. The molecule has 0 aromatic heterocycles. The zero-order chi connectivity index (χ0) is 17.5. The molecule has 0 bridgehead atoms. The number of amides is 1. The summed E-state index contributed by atoms with van der Waals surface area (Å²) in [6.45, 7) is 3.54. The number of benzene rings is 2. The first-order valence-corrected chi connectivity index (χ1v) is 7.76. The van der Waals surface area contributed by atoms with Gasteiger partial charge in [-0.15, -0.1) is 0 Å². The maximum absolute atomic E-state index is 13.5. The van der Waals surface area contributed by atoms with Crippen molar-refractivity contribution in [2.45, 2.75) is 26.4 Å². The summed E-state index contributed by atoms with van der Waals surface area (Å²) in [5.74, 6) is -1.59. The first-order valence-electron chi connectivity index (χ1n) is 7.76. The smallest absolute Gasteiger partial charge is 0.339 e. The normalized spacial score (nSPS) is 11.6. The lowest BCUT2D eigenvalue weighted by molar-refractivity contribution is -0.129. The van der Waals surface area contributed by atoms with Crippen LogP contribution in [0.15, 0.2) is 48.5 Å². The van der Waals surface area contributed by atoms with Gasteiger partial charge in [-0.3, -0.25) is 4.79 Å². The van der Waals surface area contributed by atoms with Crippen LogP contribution in [0.3, 0.4) is 0 Å². The Morgan fingerprint density at radius 1 is 1.17 bits per heavy atom. The molecule has 2 aromatic rings. The molecular formula is C19H20FNO3. The van der Waals surface area contributed by atoms with E-state index < -0.39 is 17.9 Å². The molecule has 24 heavy (non-hydrogen) atoms. The molecule has 1 amide bonds. The Morgan fingerprint density at radius 2 is 1.88 bits per heavy atom. The molecule has 1 atom stereocenters. The maximum Gasteiger partial charge on any atom is 0.339 e. The maximum atomic E-state index is 13.5. The molecule has 0 spiro atoms. The summed E-state index contributed by atoms with van der Waals surface area (Å²) in [6.07, 6.45) is -0.256. The highest BCUT2D eigenvalue weighted by atomic mass is 19.1. The SMILES string of the molecule is Cc1ccc(C(=O)O[C@@H](C)C(=O)NCCc2ccccc2)cc1F. The Labute approximate surface area is 140 Å². The number of carbonyl (C=O) groups excluding carboxylic acids is 2. The van der Waals surface area contributed by atoms with Crippen molar-refractivity contribution in [2.75, 3.05) is 6.54 Å². The molecule has 0 unspecified atom stereocenters. The van der Waals surface area contributed by atoms with Crippen LogP contribution >= 0.6 is 0 Å². The first kappa shape index (κ1) is 17.7. The molecule has 5 heteroatoms. The predicted octanol–water partition coefficient (Wildman–Crippen LogP) is 3.04. The van der Waals surface area contributed by atoms with Gasteiger partial charge in [0.1, 0.15) is 5.82 Å². The zero-order valence-corrected chi connectivity index (χ0v) is 13.7. The highest BCUT2D eigenvalue weighted by molar-refractivity contribution is 5.92. The van der Waals surface area contributed by atoms with Crippen LogP contribution in [-0.4, -0.2) is 24.5 Å². The summed E-state index contributed by atoms with van der Waals surface area (Å²) < 4.78 is 18.6. The van der Waals surface area contributed by atoms with E-state index in [9.17, 15) is 14.0 Å². The number of nitrogens with one attached hydrogen (secondary N) is 1. The average molecular weight is 329 g/mol. The van der Waals surface area contributed by atoms with Crippen LogP contribution in [0.25, 0.3) is 0 Å². The number of hydrogen-bond donors (Lipinski definition) is 1. The number of carbonyl (C=O) groups is 2. The zero-order valence-electron chi connectivity index (χ0n) is 13.7. The minimum atomic E-state index is -0.947. The highest BCUT2D eigenvalue weighted by Crippen LogP contribution is 2.11. The van der Waals surface area contributed by atoms with Gasteiger partial charge in [0.25, 0.3) is 5.91 Å². The van der Waals surface area contributed by atoms with E-state index in [2.05, 4.69) is 5.32 Å². The van der Waals surface area contributed by atoms with Crippen molar-refractivity contribution in [1.82, 2.24) is 5.32 Å². The van der Waals surface area contributed by atoms with E-state index in [1.165, 1.54) is 19.1 Å². The number of esters is 1. The third kappa shape index (κ3) is 4.91. The van der Waals surface area contributed by atoms with Crippen molar-refractivity contribution in [3.05, 3.63) is 71.0 Å². The van der Waals surface area contributed by atoms with Crippen LogP contribution in [0.1, 0.15) is 28.4 Å². The third-order valence-corrected chi connectivity index (χ3v) is 3.62. The molecule has 1 N–H and O–H groups in total. The van der Waals surface area contributed by atoms with Crippen LogP contribution in [0.4, 0.5) is 4.39 Å². The fourth-order valence-corrected chi connectivity index (χ4v) is 2.12. The van der Waals surface area contributed by atoms with Gasteiger partial charge in [-0.05, 0) is 43.5 Å². The Hall–Kier alpha value is -2.69. The van der Waals surface area contributed by atoms with E-state index in [1.807, 2.05) is 30.3 Å². The van der Waals surface area contributed by atoms with Crippen molar-refractivity contribution in [1.29, 1.82) is 0 Å². The van der Waals surface area contributed by atoms with Gasteiger partial charge in [-0.2, -0.15) is 0 Å². The largest absolute Gasteiger partial charge is 0.449 e. The number of aryl methyl sites for hydroxylation is 1. The quantitative estimate of drug-likeness (QED) is 0.829. The lowest BCUT2D eigenvalue weighted by Crippen LogP contribution is -2.36. The van der Waals surface area contributed by atoms with Crippen LogP contribution in [0.5, 0.6) is 0 Å². The molecule has 0 heterocycles. The van der Waals surface area contributed by atoms with E-state index in [4.69, 9.17) is 4.74 Å². The molecule has 0 saturated heterocycles. The van der Waals surface area contributed by atoms with Gasteiger partial charge in [0.15, 0.2) is 6.10 Å². The lowest BCUT2D eigenvalue weighted by atomic mass is 10.1. The van der Waals surface area contributed by atoms with Crippen LogP contribution in [0.2, 0.25) is 0 Å². The van der Waals surface area contributed by atoms with E-state index in [1.54, 1.807) is 6.92 Å². The van der Waals surface area contributed by atoms with Gasteiger partial charge in [0, 0.05) is 6.54 Å². The van der Waals surface area contributed by atoms with Crippen molar-refractivity contribution in [2.24, 2.45) is 0 Å². The molecule has 0 aliphatic heterocycles. The summed E-state index contributed by atoms with van der Waals surface area (Å²) >= 11 is 0. The summed E-state index contributed by atoms with van der Waals surface area (Å²) in [6, 6.07) is 13.8. The highest BCUT2D eigenvalue weighted by Gasteiger charge is 2.19. The van der Waals surface area contributed by atoms with Crippen molar-refractivity contribution in [3.8, 4) is 0 Å². The van der Waals surface area contributed by atoms with Crippen LogP contribution in [0, 0.1) is 12.7 Å². The Kier molecular flexibility index (Phi) is 6.07. The average Bonchev–Trinajstić information content (AvgIpc) is 2.58. The van der Waals surface area contributed by atoms with E-state index in [0.29, 0.717) is 18.5 Å². The Balaban J connectivity index is 1.82. The number of hydrogen-bond acceptors (Lipinski definition) is 3. The predicted molar refractivity (Wildman–Crippen MR) is 89.2 cm³/mol. The minimum absolute atomic E-state index is 0.0852. The molecule has 0 saturated carbocycles. The number of rotatable bonds is 6. The second kappa shape index (κ2) is 8.24. The summed E-state index contributed by atoms with van der Waals surface area (Å²) in [5.41, 5.74) is 1.64. The molecule has 0 aliphatic carbocycles. The summed E-state index contributed by atoms with van der Waals surface area (Å²) in [4.78, 5) is 23.9. The molecule has 4 nitrogen and oxygen atoms in total. The van der Waals surface area contributed by atoms with Gasteiger partial charge < -0.3 is 10.1 Å². The summed E-state index contributed by atoms with van der Waals surface area (Å²) in [7, 11) is 0. The van der Waals surface area contributed by atoms with Crippen LogP contribution in [-0.2, 0) is 16.0 Å².